The summed E-state index contributed by atoms with van der Waals surface area (Å²) in [6.07, 6.45) is -0.707. The van der Waals surface area contributed by atoms with Crippen LogP contribution in [0.25, 0.3) is 21.8 Å². The van der Waals surface area contributed by atoms with E-state index in [0.717, 1.165) is 27.4 Å². The summed E-state index contributed by atoms with van der Waals surface area (Å²) in [4.78, 5) is 32.3. The molecule has 6 nitrogen and oxygen atoms in total. The Labute approximate surface area is 207 Å². The SMILES string of the molecule is CC1Oc2ccc(-c3csc(-c4ccccc4)n3)cc2N(C(C)C(=O)OCc2ccccc2)C1=O. The van der Waals surface area contributed by atoms with Gasteiger partial charge < -0.3 is 9.47 Å². The van der Waals surface area contributed by atoms with Crippen LogP contribution in [-0.4, -0.2) is 29.0 Å². The monoisotopic (exact) mass is 484 g/mol. The van der Waals surface area contributed by atoms with E-state index >= 15 is 0 Å². The molecule has 2 atom stereocenters. The summed E-state index contributed by atoms with van der Waals surface area (Å²) in [5.74, 6) is -0.225. The molecule has 0 fully saturated rings. The van der Waals surface area contributed by atoms with Crippen LogP contribution in [0.15, 0.2) is 84.2 Å². The fourth-order valence-corrected chi connectivity index (χ4v) is 4.83. The van der Waals surface area contributed by atoms with Gasteiger partial charge in [-0.1, -0.05) is 60.7 Å². The standard InChI is InChI=1S/C28H24N2O4S/c1-18(28(32)33-16-20-9-5-3-6-10-20)30-24-15-22(13-14-25(24)34-19(2)27(30)31)23-17-35-26(29-23)21-11-7-4-8-12-21/h3-15,17-19H,16H2,1-2H3. The molecule has 5 rings (SSSR count). The summed E-state index contributed by atoms with van der Waals surface area (Å²) < 4.78 is 11.4. The lowest BCUT2D eigenvalue weighted by molar-refractivity contribution is -0.147. The van der Waals surface area contributed by atoms with Crippen LogP contribution >= 0.6 is 11.3 Å². The van der Waals surface area contributed by atoms with Crippen LogP contribution in [0.4, 0.5) is 5.69 Å². The van der Waals surface area contributed by atoms with E-state index in [1.165, 1.54) is 4.90 Å². The minimum atomic E-state index is -0.818. The normalized spacial score (nSPS) is 15.8. The molecule has 0 N–H and O–H groups in total. The summed E-state index contributed by atoms with van der Waals surface area (Å²) in [5.41, 5.74) is 4.09. The summed E-state index contributed by atoms with van der Waals surface area (Å²) in [6, 6.07) is 24.2. The molecule has 0 spiro atoms. The number of amides is 1. The van der Waals surface area contributed by atoms with Gasteiger partial charge >= 0.3 is 5.97 Å². The lowest BCUT2D eigenvalue weighted by Crippen LogP contribution is -2.51. The molecule has 0 bridgehead atoms. The van der Waals surface area contributed by atoms with Gasteiger partial charge in [0.1, 0.15) is 23.4 Å². The molecule has 7 heteroatoms. The number of benzene rings is 3. The molecule has 0 aliphatic carbocycles. The van der Waals surface area contributed by atoms with E-state index in [0.29, 0.717) is 11.4 Å². The number of thiazole rings is 1. The van der Waals surface area contributed by atoms with E-state index in [1.807, 2.05) is 84.2 Å². The molecule has 2 unspecified atom stereocenters. The number of esters is 1. The molecule has 4 aromatic rings. The van der Waals surface area contributed by atoms with Crippen molar-refractivity contribution in [1.29, 1.82) is 0 Å². The van der Waals surface area contributed by atoms with Crippen LogP contribution in [0.5, 0.6) is 5.75 Å². The second-order valence-corrected chi connectivity index (χ2v) is 9.18. The number of nitrogens with zero attached hydrogens (tertiary/aromatic N) is 2. The van der Waals surface area contributed by atoms with Crippen molar-refractivity contribution >= 4 is 28.9 Å². The maximum Gasteiger partial charge on any atom is 0.329 e. The lowest BCUT2D eigenvalue weighted by atomic mass is 10.1. The fraction of sp³-hybridized carbons (Fsp3) is 0.179. The Morgan fingerprint density at radius 2 is 1.77 bits per heavy atom. The highest BCUT2D eigenvalue weighted by molar-refractivity contribution is 7.13. The van der Waals surface area contributed by atoms with Crippen LogP contribution in [0, 0.1) is 0 Å². The third-order valence-corrected chi connectivity index (χ3v) is 6.77. The van der Waals surface area contributed by atoms with Crippen molar-refractivity contribution in [3.63, 3.8) is 0 Å². The average Bonchev–Trinajstić information content (AvgIpc) is 3.39. The number of hydrogen-bond acceptors (Lipinski definition) is 6. The van der Waals surface area contributed by atoms with E-state index in [2.05, 4.69) is 0 Å². The van der Waals surface area contributed by atoms with Gasteiger partial charge in [0.05, 0.1) is 11.4 Å². The van der Waals surface area contributed by atoms with Crippen molar-refractivity contribution in [2.24, 2.45) is 0 Å². The first-order chi connectivity index (χ1) is 17.0. The van der Waals surface area contributed by atoms with Gasteiger partial charge in [-0.15, -0.1) is 11.3 Å². The molecular weight excluding hydrogens is 460 g/mol. The minimum absolute atomic E-state index is 0.145. The Kier molecular flexibility index (Phi) is 6.33. The Morgan fingerprint density at radius 3 is 2.51 bits per heavy atom. The highest BCUT2D eigenvalue weighted by Gasteiger charge is 2.38. The number of ether oxygens (including phenoxy) is 2. The largest absolute Gasteiger partial charge is 0.479 e. The van der Waals surface area contributed by atoms with Gasteiger partial charge in [-0.2, -0.15) is 0 Å². The van der Waals surface area contributed by atoms with Crippen LogP contribution in [0.2, 0.25) is 0 Å². The molecule has 1 amide bonds. The van der Waals surface area contributed by atoms with Gasteiger partial charge in [0.25, 0.3) is 5.91 Å². The Balaban J connectivity index is 1.42. The van der Waals surface area contributed by atoms with Gasteiger partial charge in [-0.05, 0) is 37.6 Å². The predicted octanol–water partition coefficient (Wildman–Crippen LogP) is 5.72. The van der Waals surface area contributed by atoms with Gasteiger partial charge in [-0.25, -0.2) is 9.78 Å². The quantitative estimate of drug-likeness (QED) is 0.327. The summed E-state index contributed by atoms with van der Waals surface area (Å²) >= 11 is 1.56. The molecule has 176 valence electrons. The average molecular weight is 485 g/mol. The summed E-state index contributed by atoms with van der Waals surface area (Å²) in [5, 5.41) is 2.90. The minimum Gasteiger partial charge on any atom is -0.479 e. The van der Waals surface area contributed by atoms with E-state index in [9.17, 15) is 9.59 Å². The molecule has 2 heterocycles. The molecule has 0 saturated heterocycles. The highest BCUT2D eigenvalue weighted by Crippen LogP contribution is 2.39. The number of carbonyl (C=O) groups is 2. The van der Waals surface area contributed by atoms with Crippen molar-refractivity contribution in [3.8, 4) is 27.6 Å². The Hall–Kier alpha value is -3.97. The number of hydrogen-bond donors (Lipinski definition) is 0. The second kappa shape index (κ2) is 9.72. The first kappa shape index (κ1) is 22.8. The van der Waals surface area contributed by atoms with Gasteiger partial charge in [0.15, 0.2) is 6.10 Å². The molecular formula is C28H24N2O4S. The molecule has 0 radical (unpaired) electrons. The number of fused-ring (bicyclic) bond motifs is 1. The van der Waals surface area contributed by atoms with Crippen molar-refractivity contribution in [2.45, 2.75) is 32.6 Å². The molecule has 0 saturated carbocycles. The van der Waals surface area contributed by atoms with Crippen LogP contribution in [0.1, 0.15) is 19.4 Å². The van der Waals surface area contributed by atoms with Crippen LogP contribution in [0.3, 0.4) is 0 Å². The topological polar surface area (TPSA) is 68.7 Å². The van der Waals surface area contributed by atoms with Crippen molar-refractivity contribution in [1.82, 2.24) is 4.98 Å². The van der Waals surface area contributed by atoms with Crippen LogP contribution in [-0.2, 0) is 20.9 Å². The highest BCUT2D eigenvalue weighted by atomic mass is 32.1. The zero-order valence-electron chi connectivity index (χ0n) is 19.4. The van der Waals surface area contributed by atoms with Crippen molar-refractivity contribution in [2.75, 3.05) is 4.90 Å². The molecule has 3 aromatic carbocycles. The van der Waals surface area contributed by atoms with Gasteiger partial charge in [-0.3, -0.25) is 9.69 Å². The van der Waals surface area contributed by atoms with E-state index < -0.39 is 18.1 Å². The Morgan fingerprint density at radius 1 is 1.06 bits per heavy atom. The third-order valence-electron chi connectivity index (χ3n) is 5.88. The van der Waals surface area contributed by atoms with Gasteiger partial charge in [0, 0.05) is 16.5 Å². The first-order valence-corrected chi connectivity index (χ1v) is 12.2. The molecule has 1 aliphatic rings. The summed E-state index contributed by atoms with van der Waals surface area (Å²) in [7, 11) is 0. The molecule has 1 aromatic heterocycles. The van der Waals surface area contributed by atoms with E-state index in [1.54, 1.807) is 25.2 Å². The number of carbonyl (C=O) groups excluding carboxylic acids is 2. The third kappa shape index (κ3) is 4.68. The maximum absolute atomic E-state index is 13.1. The predicted molar refractivity (Wildman–Crippen MR) is 136 cm³/mol. The zero-order valence-corrected chi connectivity index (χ0v) is 20.2. The second-order valence-electron chi connectivity index (χ2n) is 8.32. The molecule has 35 heavy (non-hydrogen) atoms. The fourth-order valence-electron chi connectivity index (χ4n) is 3.99. The van der Waals surface area contributed by atoms with Crippen molar-refractivity contribution in [3.05, 3.63) is 89.8 Å². The molecule has 1 aliphatic heterocycles. The number of rotatable bonds is 6. The number of aromatic nitrogens is 1. The van der Waals surface area contributed by atoms with E-state index in [4.69, 9.17) is 14.5 Å². The zero-order chi connectivity index (χ0) is 24.4. The first-order valence-electron chi connectivity index (χ1n) is 11.4. The van der Waals surface area contributed by atoms with Gasteiger partial charge in [0.2, 0.25) is 0 Å². The van der Waals surface area contributed by atoms with Crippen molar-refractivity contribution < 1.29 is 19.1 Å². The van der Waals surface area contributed by atoms with Crippen LogP contribution < -0.4 is 9.64 Å². The maximum atomic E-state index is 13.1. The number of anilines is 1. The summed E-state index contributed by atoms with van der Waals surface area (Å²) in [6.45, 7) is 3.50. The smallest absolute Gasteiger partial charge is 0.329 e. The van der Waals surface area contributed by atoms with E-state index in [-0.39, 0.29) is 12.5 Å². The lowest BCUT2D eigenvalue weighted by Gasteiger charge is -2.36. The Bertz CT molecular complexity index is 1350.